The molecule has 0 bridgehead atoms. The zero-order chi connectivity index (χ0) is 44.3. The van der Waals surface area contributed by atoms with E-state index in [2.05, 4.69) is 264 Å². The molecule has 0 saturated heterocycles. The maximum absolute atomic E-state index is 2.42. The SMILES string of the molecule is c1cc(-c2ccc(N(c3ccc(-c4ccccc4-n4c5ccccc5c5ccccc54)cc3)c3ccc(-c4cccc5c4sc4ccccc45)cc3)cc2)cc(-c2ccc3ccccc3c2)c1. The van der Waals surface area contributed by atoms with Crippen molar-refractivity contribution >= 4 is 81.1 Å². The molecule has 0 amide bonds. The molecule has 3 heteroatoms. The van der Waals surface area contributed by atoms with Crippen LogP contribution in [-0.2, 0) is 0 Å². The average Bonchev–Trinajstić information content (AvgIpc) is 3.95. The molecule has 11 aromatic carbocycles. The fourth-order valence-corrected chi connectivity index (χ4v) is 11.4. The number of thiophene rings is 1. The maximum atomic E-state index is 2.42. The molecule has 2 nitrogen and oxygen atoms in total. The molecule has 0 saturated carbocycles. The van der Waals surface area contributed by atoms with Crippen LogP contribution in [0.4, 0.5) is 17.1 Å². The highest BCUT2D eigenvalue weighted by molar-refractivity contribution is 7.26. The van der Waals surface area contributed by atoms with E-state index in [1.807, 2.05) is 11.3 Å². The Morgan fingerprint density at radius 1 is 0.299 bits per heavy atom. The molecule has 0 radical (unpaired) electrons. The number of fused-ring (bicyclic) bond motifs is 7. The van der Waals surface area contributed by atoms with Crippen molar-refractivity contribution in [3.8, 4) is 50.2 Å². The van der Waals surface area contributed by atoms with E-state index in [4.69, 9.17) is 0 Å². The van der Waals surface area contributed by atoms with Gasteiger partial charge in [0.05, 0.1) is 16.7 Å². The van der Waals surface area contributed by atoms with Crippen LogP contribution >= 0.6 is 11.3 Å². The van der Waals surface area contributed by atoms with Crippen molar-refractivity contribution in [3.05, 3.63) is 255 Å². The number of anilines is 3. The lowest BCUT2D eigenvalue weighted by Gasteiger charge is -2.26. The lowest BCUT2D eigenvalue weighted by atomic mass is 9.97. The molecule has 0 N–H and O–H groups in total. The van der Waals surface area contributed by atoms with Crippen LogP contribution in [0.1, 0.15) is 0 Å². The Hall–Kier alpha value is -8.50. The minimum Gasteiger partial charge on any atom is -0.311 e. The Labute approximate surface area is 393 Å². The molecule has 0 fully saturated rings. The van der Waals surface area contributed by atoms with Crippen LogP contribution in [0.5, 0.6) is 0 Å². The van der Waals surface area contributed by atoms with Crippen molar-refractivity contribution in [1.29, 1.82) is 0 Å². The molecule has 0 atom stereocenters. The van der Waals surface area contributed by atoms with Crippen molar-refractivity contribution in [2.24, 2.45) is 0 Å². The van der Waals surface area contributed by atoms with Gasteiger partial charge in [-0.1, -0.05) is 182 Å². The second-order valence-electron chi connectivity index (χ2n) is 17.3. The fraction of sp³-hybridized carbons (Fsp3) is 0. The standard InChI is InChI=1S/C64H42N2S/c1-2-14-47-42-50(28-27-43(47)13-1)49-16-11-15-48(41-49)44-29-35-51(36-30-44)65(53-39-33-46(34-40-53)55-21-12-22-59-58-20-6-10-26-63(58)67-64(55)59)52-37-31-45(32-38-52)54-17-3-7-23-60(54)66-61-24-8-4-18-56(61)57-19-5-9-25-62(57)66/h1-42H. The van der Waals surface area contributed by atoms with Gasteiger partial charge in [-0.2, -0.15) is 0 Å². The molecule has 0 unspecified atom stereocenters. The first-order chi connectivity index (χ1) is 33.2. The Balaban J connectivity index is 0.890. The number of benzene rings is 11. The number of rotatable bonds is 8. The first kappa shape index (κ1) is 38.9. The van der Waals surface area contributed by atoms with E-state index in [1.165, 1.54) is 91.7 Å². The zero-order valence-electron chi connectivity index (χ0n) is 36.6. The average molecular weight is 871 g/mol. The summed E-state index contributed by atoms with van der Waals surface area (Å²) in [7, 11) is 0. The zero-order valence-corrected chi connectivity index (χ0v) is 37.4. The minimum atomic E-state index is 1.09. The lowest BCUT2D eigenvalue weighted by Crippen LogP contribution is -2.09. The van der Waals surface area contributed by atoms with Crippen LogP contribution in [-0.4, -0.2) is 4.57 Å². The molecule has 0 spiro atoms. The first-order valence-corrected chi connectivity index (χ1v) is 23.7. The van der Waals surface area contributed by atoms with E-state index in [-0.39, 0.29) is 0 Å². The van der Waals surface area contributed by atoms with Gasteiger partial charge in [0.2, 0.25) is 0 Å². The number of hydrogen-bond acceptors (Lipinski definition) is 2. The molecular weight excluding hydrogens is 829 g/mol. The lowest BCUT2D eigenvalue weighted by molar-refractivity contribution is 1.18. The summed E-state index contributed by atoms with van der Waals surface area (Å²) < 4.78 is 5.06. The third-order valence-corrected chi connectivity index (χ3v) is 14.6. The van der Waals surface area contributed by atoms with Gasteiger partial charge in [0, 0.05) is 53.6 Å². The molecule has 67 heavy (non-hydrogen) atoms. The second kappa shape index (κ2) is 16.2. The summed E-state index contributed by atoms with van der Waals surface area (Å²) in [4.78, 5) is 2.38. The van der Waals surface area contributed by atoms with E-state index in [0.717, 1.165) is 28.3 Å². The Morgan fingerprint density at radius 3 is 1.48 bits per heavy atom. The monoisotopic (exact) mass is 870 g/mol. The highest BCUT2D eigenvalue weighted by Crippen LogP contribution is 2.43. The first-order valence-electron chi connectivity index (χ1n) is 22.9. The highest BCUT2D eigenvalue weighted by atomic mass is 32.1. The molecule has 13 rings (SSSR count). The van der Waals surface area contributed by atoms with Crippen molar-refractivity contribution in [1.82, 2.24) is 4.57 Å². The number of nitrogens with zero attached hydrogens (tertiary/aromatic N) is 2. The summed E-state index contributed by atoms with van der Waals surface area (Å²) in [5, 5.41) is 7.65. The van der Waals surface area contributed by atoms with Gasteiger partial charge in [-0.25, -0.2) is 0 Å². The summed E-state index contributed by atoms with van der Waals surface area (Å²) >= 11 is 1.87. The topological polar surface area (TPSA) is 8.17 Å². The third-order valence-electron chi connectivity index (χ3n) is 13.4. The van der Waals surface area contributed by atoms with Crippen LogP contribution in [0.25, 0.3) is 103 Å². The molecule has 0 aliphatic carbocycles. The van der Waals surface area contributed by atoms with Crippen molar-refractivity contribution in [2.45, 2.75) is 0 Å². The molecule has 13 aromatic rings. The predicted molar refractivity (Wildman–Crippen MR) is 288 cm³/mol. The predicted octanol–water partition coefficient (Wildman–Crippen LogP) is 18.4. The number of aromatic nitrogens is 1. The smallest absolute Gasteiger partial charge is 0.0541 e. The molecule has 2 heterocycles. The quantitative estimate of drug-likeness (QED) is 0.148. The summed E-state index contributed by atoms with van der Waals surface area (Å²) in [5.74, 6) is 0. The van der Waals surface area contributed by atoms with Crippen molar-refractivity contribution < 1.29 is 0 Å². The minimum absolute atomic E-state index is 1.09. The van der Waals surface area contributed by atoms with Gasteiger partial charge in [-0.05, 0) is 123 Å². The summed E-state index contributed by atoms with van der Waals surface area (Å²) in [6.07, 6.45) is 0. The Kier molecular flexibility index (Phi) is 9.40. The molecule has 0 aliphatic rings. The maximum Gasteiger partial charge on any atom is 0.0541 e. The van der Waals surface area contributed by atoms with E-state index < -0.39 is 0 Å². The van der Waals surface area contributed by atoms with Crippen LogP contribution in [0, 0.1) is 0 Å². The largest absolute Gasteiger partial charge is 0.311 e. The number of hydrogen-bond donors (Lipinski definition) is 0. The second-order valence-corrected chi connectivity index (χ2v) is 18.3. The van der Waals surface area contributed by atoms with Gasteiger partial charge < -0.3 is 9.47 Å². The van der Waals surface area contributed by atoms with E-state index in [0.29, 0.717) is 0 Å². The van der Waals surface area contributed by atoms with E-state index in [1.54, 1.807) is 0 Å². The van der Waals surface area contributed by atoms with Gasteiger partial charge in [0.1, 0.15) is 0 Å². The Morgan fingerprint density at radius 2 is 0.776 bits per heavy atom. The molecule has 0 aliphatic heterocycles. The van der Waals surface area contributed by atoms with Crippen LogP contribution in [0.2, 0.25) is 0 Å². The van der Waals surface area contributed by atoms with Gasteiger partial charge >= 0.3 is 0 Å². The highest BCUT2D eigenvalue weighted by Gasteiger charge is 2.18. The van der Waals surface area contributed by atoms with Gasteiger partial charge in [0.15, 0.2) is 0 Å². The normalized spacial score (nSPS) is 11.6. The van der Waals surface area contributed by atoms with Crippen LogP contribution < -0.4 is 4.90 Å². The summed E-state index contributed by atoms with van der Waals surface area (Å²) in [6.45, 7) is 0. The van der Waals surface area contributed by atoms with Crippen LogP contribution in [0.3, 0.4) is 0 Å². The molecular formula is C64H42N2S. The third kappa shape index (κ3) is 6.79. The van der Waals surface area contributed by atoms with E-state index >= 15 is 0 Å². The van der Waals surface area contributed by atoms with Crippen molar-refractivity contribution in [2.75, 3.05) is 4.90 Å². The molecule has 314 valence electrons. The van der Waals surface area contributed by atoms with Crippen molar-refractivity contribution in [3.63, 3.8) is 0 Å². The van der Waals surface area contributed by atoms with Gasteiger partial charge in [-0.15, -0.1) is 11.3 Å². The number of para-hydroxylation sites is 3. The summed E-state index contributed by atoms with van der Waals surface area (Å²) in [6, 6.07) is 93.1. The fourth-order valence-electron chi connectivity index (χ4n) is 10.1. The molecule has 2 aromatic heterocycles. The van der Waals surface area contributed by atoms with Crippen LogP contribution in [0.15, 0.2) is 255 Å². The Bertz CT molecular complexity index is 3920. The summed E-state index contributed by atoms with van der Waals surface area (Å²) in [5.41, 5.74) is 16.4. The van der Waals surface area contributed by atoms with E-state index in [9.17, 15) is 0 Å². The van der Waals surface area contributed by atoms with Gasteiger partial charge in [0.25, 0.3) is 0 Å². The van der Waals surface area contributed by atoms with Gasteiger partial charge in [-0.3, -0.25) is 0 Å².